The Labute approximate surface area is 76.9 Å². The minimum Gasteiger partial charge on any atom is -0.272 e. The SMILES string of the molecule is Cc1nc(C(=O)Cl)ncc1Br. The monoisotopic (exact) mass is 234 g/mol. The van der Waals surface area contributed by atoms with E-state index in [0.29, 0.717) is 5.69 Å². The summed E-state index contributed by atoms with van der Waals surface area (Å²) in [6, 6.07) is 0. The van der Waals surface area contributed by atoms with Crippen molar-refractivity contribution in [2.24, 2.45) is 0 Å². The first kappa shape index (κ1) is 8.62. The quantitative estimate of drug-likeness (QED) is 0.699. The Balaban J connectivity index is 3.15. The third kappa shape index (κ3) is 1.97. The lowest BCUT2D eigenvalue weighted by Crippen LogP contribution is -1.99. The lowest BCUT2D eigenvalue weighted by atomic mass is 10.4. The first-order valence-corrected chi connectivity index (χ1v) is 3.97. The number of rotatable bonds is 1. The molecule has 0 bridgehead atoms. The molecule has 0 N–H and O–H groups in total. The summed E-state index contributed by atoms with van der Waals surface area (Å²) in [4.78, 5) is 18.1. The van der Waals surface area contributed by atoms with E-state index in [1.165, 1.54) is 6.20 Å². The van der Waals surface area contributed by atoms with Gasteiger partial charge in [0.1, 0.15) is 0 Å². The predicted molar refractivity (Wildman–Crippen MR) is 44.7 cm³/mol. The van der Waals surface area contributed by atoms with Gasteiger partial charge in [-0.25, -0.2) is 9.97 Å². The van der Waals surface area contributed by atoms with Gasteiger partial charge in [0.15, 0.2) is 0 Å². The topological polar surface area (TPSA) is 42.9 Å². The first-order valence-electron chi connectivity index (χ1n) is 2.80. The second-order valence-corrected chi connectivity index (χ2v) is 3.10. The van der Waals surface area contributed by atoms with Gasteiger partial charge in [0.05, 0.1) is 10.2 Å². The van der Waals surface area contributed by atoms with Crippen LogP contribution in [0.15, 0.2) is 10.7 Å². The standard InChI is InChI=1S/C6H4BrClN2O/c1-3-4(7)2-9-6(10-3)5(8)11/h2H,1H3. The average Bonchev–Trinajstić information content (AvgIpc) is 1.94. The molecule has 3 nitrogen and oxygen atoms in total. The van der Waals surface area contributed by atoms with E-state index >= 15 is 0 Å². The fraction of sp³-hybridized carbons (Fsp3) is 0.167. The van der Waals surface area contributed by atoms with Crippen molar-refractivity contribution in [1.29, 1.82) is 0 Å². The van der Waals surface area contributed by atoms with Gasteiger partial charge in [0, 0.05) is 6.20 Å². The van der Waals surface area contributed by atoms with Crippen LogP contribution in [-0.2, 0) is 0 Å². The second kappa shape index (κ2) is 3.28. The minimum atomic E-state index is -0.638. The van der Waals surface area contributed by atoms with Crippen molar-refractivity contribution in [1.82, 2.24) is 9.97 Å². The van der Waals surface area contributed by atoms with E-state index in [9.17, 15) is 4.79 Å². The van der Waals surface area contributed by atoms with Gasteiger partial charge in [-0.2, -0.15) is 0 Å². The van der Waals surface area contributed by atoms with Crippen LogP contribution in [0, 0.1) is 6.92 Å². The van der Waals surface area contributed by atoms with Gasteiger partial charge in [0.2, 0.25) is 5.82 Å². The Morgan fingerprint density at radius 1 is 1.73 bits per heavy atom. The van der Waals surface area contributed by atoms with Crippen LogP contribution >= 0.6 is 27.5 Å². The maximum absolute atomic E-state index is 10.5. The fourth-order valence-corrected chi connectivity index (χ4v) is 0.829. The van der Waals surface area contributed by atoms with Crippen LogP contribution in [0.1, 0.15) is 16.3 Å². The number of carbonyl (C=O) groups is 1. The van der Waals surface area contributed by atoms with Crippen LogP contribution in [0.4, 0.5) is 0 Å². The van der Waals surface area contributed by atoms with Gasteiger partial charge >= 0.3 is 0 Å². The Morgan fingerprint density at radius 2 is 2.36 bits per heavy atom. The zero-order valence-corrected chi connectivity index (χ0v) is 7.98. The molecule has 0 aliphatic heterocycles. The smallest absolute Gasteiger partial charge is 0.272 e. The number of aryl methyl sites for hydroxylation is 1. The van der Waals surface area contributed by atoms with Gasteiger partial charge in [-0.3, -0.25) is 4.79 Å². The van der Waals surface area contributed by atoms with Gasteiger partial charge in [0.25, 0.3) is 5.24 Å². The van der Waals surface area contributed by atoms with E-state index in [1.54, 1.807) is 6.92 Å². The molecular formula is C6H4BrClN2O. The molecule has 1 aromatic rings. The molecule has 11 heavy (non-hydrogen) atoms. The zero-order chi connectivity index (χ0) is 8.43. The molecular weight excluding hydrogens is 231 g/mol. The molecule has 5 heteroatoms. The molecule has 0 amide bonds. The predicted octanol–water partition coefficient (Wildman–Crippen LogP) is 1.93. The van der Waals surface area contributed by atoms with Crippen LogP contribution in [0.3, 0.4) is 0 Å². The largest absolute Gasteiger partial charge is 0.289 e. The molecule has 0 radical (unpaired) electrons. The van der Waals surface area contributed by atoms with Crippen LogP contribution in [0.2, 0.25) is 0 Å². The highest BCUT2D eigenvalue weighted by Gasteiger charge is 2.06. The molecule has 0 fully saturated rings. The highest BCUT2D eigenvalue weighted by Crippen LogP contribution is 2.11. The Bertz CT molecular complexity index is 303. The van der Waals surface area contributed by atoms with Gasteiger partial charge in [-0.15, -0.1) is 0 Å². The third-order valence-electron chi connectivity index (χ3n) is 1.10. The summed E-state index contributed by atoms with van der Waals surface area (Å²) >= 11 is 8.35. The van der Waals surface area contributed by atoms with Crippen LogP contribution in [0.5, 0.6) is 0 Å². The lowest BCUT2D eigenvalue weighted by molar-refractivity contribution is 0.107. The second-order valence-electron chi connectivity index (χ2n) is 1.90. The first-order chi connectivity index (χ1) is 5.11. The van der Waals surface area contributed by atoms with E-state index in [4.69, 9.17) is 11.6 Å². The summed E-state index contributed by atoms with van der Waals surface area (Å²) in [5.41, 5.74) is 0.698. The Kier molecular flexibility index (Phi) is 2.57. The summed E-state index contributed by atoms with van der Waals surface area (Å²) in [7, 11) is 0. The van der Waals surface area contributed by atoms with E-state index in [-0.39, 0.29) is 5.82 Å². The summed E-state index contributed by atoms with van der Waals surface area (Å²) in [5, 5.41) is -0.638. The van der Waals surface area contributed by atoms with Crippen LogP contribution in [0.25, 0.3) is 0 Å². The van der Waals surface area contributed by atoms with E-state index in [0.717, 1.165) is 4.47 Å². The lowest BCUT2D eigenvalue weighted by Gasteiger charge is -1.96. The molecule has 0 aliphatic carbocycles. The number of carbonyl (C=O) groups excluding carboxylic acids is 1. The summed E-state index contributed by atoms with van der Waals surface area (Å²) in [5.74, 6) is 0.0346. The van der Waals surface area contributed by atoms with E-state index < -0.39 is 5.24 Å². The van der Waals surface area contributed by atoms with Crippen molar-refractivity contribution in [2.45, 2.75) is 6.92 Å². The summed E-state index contributed by atoms with van der Waals surface area (Å²) in [6.45, 7) is 1.76. The van der Waals surface area contributed by atoms with Gasteiger partial charge in [-0.1, -0.05) is 0 Å². The number of aromatic nitrogens is 2. The molecule has 1 heterocycles. The molecule has 0 aromatic carbocycles. The highest BCUT2D eigenvalue weighted by atomic mass is 79.9. The van der Waals surface area contributed by atoms with E-state index in [2.05, 4.69) is 25.9 Å². The van der Waals surface area contributed by atoms with Crippen LogP contribution < -0.4 is 0 Å². The zero-order valence-electron chi connectivity index (χ0n) is 5.64. The fourth-order valence-electron chi connectivity index (χ4n) is 0.547. The highest BCUT2D eigenvalue weighted by molar-refractivity contribution is 9.10. The molecule has 0 saturated heterocycles. The van der Waals surface area contributed by atoms with Crippen molar-refractivity contribution in [3.8, 4) is 0 Å². The normalized spacial score (nSPS) is 9.73. The van der Waals surface area contributed by atoms with Gasteiger partial charge < -0.3 is 0 Å². The number of nitrogens with zero attached hydrogens (tertiary/aromatic N) is 2. The van der Waals surface area contributed by atoms with Crippen molar-refractivity contribution in [3.05, 3.63) is 22.2 Å². The van der Waals surface area contributed by atoms with Crippen molar-refractivity contribution < 1.29 is 4.79 Å². The molecule has 0 aliphatic rings. The number of halogens is 2. The van der Waals surface area contributed by atoms with E-state index in [1.807, 2.05) is 0 Å². The number of hydrogen-bond acceptors (Lipinski definition) is 3. The molecule has 58 valence electrons. The number of hydrogen-bond donors (Lipinski definition) is 0. The molecule has 0 atom stereocenters. The van der Waals surface area contributed by atoms with Crippen molar-refractivity contribution in [2.75, 3.05) is 0 Å². The van der Waals surface area contributed by atoms with Crippen molar-refractivity contribution >= 4 is 32.8 Å². The molecule has 1 aromatic heterocycles. The Morgan fingerprint density at radius 3 is 2.82 bits per heavy atom. The summed E-state index contributed by atoms with van der Waals surface area (Å²) < 4.78 is 0.763. The summed E-state index contributed by atoms with van der Waals surface area (Å²) in [6.07, 6.45) is 1.50. The minimum absolute atomic E-state index is 0.0346. The maximum Gasteiger partial charge on any atom is 0.289 e. The maximum atomic E-state index is 10.5. The Hall–Kier alpha value is -0.480. The van der Waals surface area contributed by atoms with Crippen LogP contribution in [-0.4, -0.2) is 15.2 Å². The molecule has 0 spiro atoms. The molecule has 0 unspecified atom stereocenters. The average molecular weight is 235 g/mol. The van der Waals surface area contributed by atoms with Crippen molar-refractivity contribution in [3.63, 3.8) is 0 Å². The molecule has 1 rings (SSSR count). The molecule has 0 saturated carbocycles. The third-order valence-corrected chi connectivity index (χ3v) is 2.04. The van der Waals surface area contributed by atoms with Gasteiger partial charge in [-0.05, 0) is 34.5 Å².